The zero-order valence-corrected chi connectivity index (χ0v) is 29.0. The Morgan fingerprint density at radius 3 is 2.40 bits per heavy atom. The molecular weight excluding hydrogens is 606 g/mol. The number of methoxy groups -OCH3 is 1. The van der Waals surface area contributed by atoms with Crippen molar-refractivity contribution in [3.8, 4) is 16.9 Å². The minimum atomic E-state index is -0.489. The van der Waals surface area contributed by atoms with Gasteiger partial charge in [-0.15, -0.1) is 0 Å². The Hall–Kier alpha value is -3.92. The van der Waals surface area contributed by atoms with Gasteiger partial charge >= 0.3 is 6.09 Å². The number of amides is 2. The number of aliphatic hydroxyl groups excluding tert-OH is 1. The monoisotopic (exact) mass is 657 g/mol. The van der Waals surface area contributed by atoms with Crippen LogP contribution in [-0.2, 0) is 9.53 Å². The molecule has 258 valence electrons. The highest BCUT2D eigenvalue weighted by Gasteiger charge is 2.40. The van der Waals surface area contributed by atoms with Gasteiger partial charge in [0, 0.05) is 36.5 Å². The lowest BCUT2D eigenvalue weighted by Crippen LogP contribution is -2.61. The number of hydrogen-bond donors (Lipinski definition) is 1. The molecule has 0 spiro atoms. The summed E-state index contributed by atoms with van der Waals surface area (Å²) in [6.45, 7) is 9.08. The summed E-state index contributed by atoms with van der Waals surface area (Å²) in [7, 11) is 1.71. The number of hydrogen-bond acceptors (Lipinski definition) is 7. The molecule has 1 saturated heterocycles. The number of carbonyl (C=O) groups excluding carboxylic acids is 2. The van der Waals surface area contributed by atoms with Gasteiger partial charge in [0.2, 0.25) is 5.91 Å². The SMILES string of the molecule is COc1ccc(C2CCC(CN(C(=O)C3CCC(OC(=O)N4C[C@H](O)[C@@H]4C)CC3)c3cc(-c4cnn(C(C)C)c4)ccn3)CC2)cc1C. The van der Waals surface area contributed by atoms with E-state index in [2.05, 4.69) is 44.1 Å². The van der Waals surface area contributed by atoms with E-state index in [1.807, 2.05) is 41.0 Å². The number of aliphatic hydroxyl groups is 1. The minimum Gasteiger partial charge on any atom is -0.496 e. The number of rotatable bonds is 9. The molecule has 0 radical (unpaired) electrons. The maximum absolute atomic E-state index is 14.4. The zero-order valence-electron chi connectivity index (χ0n) is 29.0. The number of nitrogens with zero attached hydrogens (tertiary/aromatic N) is 5. The summed E-state index contributed by atoms with van der Waals surface area (Å²) in [6, 6.07) is 10.6. The Morgan fingerprint density at radius 1 is 1.02 bits per heavy atom. The molecule has 1 aromatic carbocycles. The largest absolute Gasteiger partial charge is 0.496 e. The second-order valence-electron chi connectivity index (χ2n) is 14.4. The number of carbonyl (C=O) groups is 2. The molecule has 3 heterocycles. The number of aryl methyl sites for hydroxylation is 1. The van der Waals surface area contributed by atoms with E-state index in [-0.39, 0.29) is 36.1 Å². The van der Waals surface area contributed by atoms with Gasteiger partial charge < -0.3 is 19.5 Å². The van der Waals surface area contributed by atoms with Crippen LogP contribution >= 0.6 is 0 Å². The molecule has 3 aromatic rings. The Balaban J connectivity index is 1.15. The van der Waals surface area contributed by atoms with Crippen LogP contribution in [-0.4, -0.2) is 75.2 Å². The van der Waals surface area contributed by atoms with Crippen molar-refractivity contribution in [3.63, 3.8) is 0 Å². The molecule has 2 amide bonds. The van der Waals surface area contributed by atoms with Crippen molar-refractivity contribution in [2.75, 3.05) is 25.1 Å². The van der Waals surface area contributed by atoms with Crippen LogP contribution in [0.3, 0.4) is 0 Å². The lowest BCUT2D eigenvalue weighted by atomic mass is 9.78. The Bertz CT molecular complexity index is 1570. The van der Waals surface area contributed by atoms with Crippen LogP contribution in [0.4, 0.5) is 10.6 Å². The first kappa shape index (κ1) is 34.0. The van der Waals surface area contributed by atoms with E-state index in [1.54, 1.807) is 18.2 Å². The van der Waals surface area contributed by atoms with Crippen molar-refractivity contribution in [1.29, 1.82) is 0 Å². The van der Waals surface area contributed by atoms with Crippen LogP contribution in [0.2, 0.25) is 0 Å². The first-order valence-electron chi connectivity index (χ1n) is 17.7. The van der Waals surface area contributed by atoms with Crippen LogP contribution in [0.15, 0.2) is 48.9 Å². The van der Waals surface area contributed by atoms with Crippen molar-refractivity contribution in [2.45, 2.75) is 109 Å². The van der Waals surface area contributed by atoms with Crippen molar-refractivity contribution < 1.29 is 24.2 Å². The number of likely N-dealkylation sites (tertiary alicyclic amines) is 1. The molecule has 1 aliphatic heterocycles. The van der Waals surface area contributed by atoms with E-state index in [9.17, 15) is 14.7 Å². The second kappa shape index (κ2) is 14.7. The Kier molecular flexibility index (Phi) is 10.4. The third-order valence-corrected chi connectivity index (χ3v) is 10.9. The topological polar surface area (TPSA) is 110 Å². The normalized spacial score (nSPS) is 25.8. The van der Waals surface area contributed by atoms with Gasteiger partial charge in [-0.1, -0.05) is 12.1 Å². The summed E-state index contributed by atoms with van der Waals surface area (Å²) in [4.78, 5) is 35.3. The molecule has 2 atom stereocenters. The molecule has 0 unspecified atom stereocenters. The molecule has 48 heavy (non-hydrogen) atoms. The fourth-order valence-corrected chi connectivity index (χ4v) is 7.59. The molecule has 10 heteroatoms. The summed E-state index contributed by atoms with van der Waals surface area (Å²) in [5, 5.41) is 14.3. The van der Waals surface area contributed by atoms with Crippen LogP contribution in [0, 0.1) is 18.8 Å². The van der Waals surface area contributed by atoms with Crippen molar-refractivity contribution >= 4 is 17.8 Å². The molecule has 2 aliphatic carbocycles. The Labute approximate surface area is 284 Å². The Morgan fingerprint density at radius 2 is 1.77 bits per heavy atom. The molecule has 10 nitrogen and oxygen atoms in total. The lowest BCUT2D eigenvalue weighted by Gasteiger charge is -2.43. The van der Waals surface area contributed by atoms with Crippen LogP contribution < -0.4 is 9.64 Å². The van der Waals surface area contributed by atoms with Gasteiger partial charge in [0.15, 0.2) is 0 Å². The van der Waals surface area contributed by atoms with E-state index in [1.165, 1.54) is 5.56 Å². The van der Waals surface area contributed by atoms with Crippen LogP contribution in [0.25, 0.3) is 11.1 Å². The lowest BCUT2D eigenvalue weighted by molar-refractivity contribution is -0.124. The highest BCUT2D eigenvalue weighted by Crippen LogP contribution is 2.39. The molecule has 6 rings (SSSR count). The van der Waals surface area contributed by atoms with Crippen LogP contribution in [0.1, 0.15) is 95.2 Å². The van der Waals surface area contributed by atoms with Gasteiger partial charge in [-0.05, 0) is 126 Å². The van der Waals surface area contributed by atoms with E-state index in [4.69, 9.17) is 14.5 Å². The highest BCUT2D eigenvalue weighted by atomic mass is 16.6. The second-order valence-corrected chi connectivity index (χ2v) is 14.4. The number of ether oxygens (including phenoxy) is 2. The predicted octanol–water partition coefficient (Wildman–Crippen LogP) is 6.91. The maximum Gasteiger partial charge on any atom is 0.410 e. The van der Waals surface area contributed by atoms with Gasteiger partial charge in [-0.3, -0.25) is 14.4 Å². The molecular formula is C38H51N5O5. The van der Waals surface area contributed by atoms with Crippen molar-refractivity contribution in [2.24, 2.45) is 11.8 Å². The average Bonchev–Trinajstić information content (AvgIpc) is 3.61. The summed E-state index contributed by atoms with van der Waals surface area (Å²) in [5.74, 6) is 2.44. The van der Waals surface area contributed by atoms with Gasteiger partial charge in [0.1, 0.15) is 17.7 Å². The van der Waals surface area contributed by atoms with E-state index >= 15 is 0 Å². The predicted molar refractivity (Wildman–Crippen MR) is 185 cm³/mol. The number of benzene rings is 1. The maximum atomic E-state index is 14.4. The fraction of sp³-hybridized carbons (Fsp3) is 0.579. The van der Waals surface area contributed by atoms with Gasteiger partial charge in [0.05, 0.1) is 32.0 Å². The smallest absolute Gasteiger partial charge is 0.410 e. The first-order chi connectivity index (χ1) is 23.1. The first-order valence-corrected chi connectivity index (χ1v) is 17.7. The molecule has 1 N–H and O–H groups in total. The number of β-amino-alcohol motifs (C(OH)–C–C–N with tert-alkyl or cyclic N) is 1. The number of anilines is 1. The number of aromatic nitrogens is 3. The molecule has 2 saturated carbocycles. The summed E-state index contributed by atoms with van der Waals surface area (Å²) in [6.07, 6.45) is 11.5. The van der Waals surface area contributed by atoms with E-state index in [0.29, 0.717) is 56.4 Å². The molecule has 3 fully saturated rings. The van der Waals surface area contributed by atoms with Crippen LogP contribution in [0.5, 0.6) is 5.75 Å². The van der Waals surface area contributed by atoms with Gasteiger partial charge in [-0.25, -0.2) is 9.78 Å². The summed E-state index contributed by atoms with van der Waals surface area (Å²) < 4.78 is 13.2. The summed E-state index contributed by atoms with van der Waals surface area (Å²) in [5.41, 5.74) is 4.52. The fourth-order valence-electron chi connectivity index (χ4n) is 7.59. The van der Waals surface area contributed by atoms with Crippen molar-refractivity contribution in [3.05, 3.63) is 60.0 Å². The van der Waals surface area contributed by atoms with E-state index < -0.39 is 6.10 Å². The third kappa shape index (κ3) is 7.38. The standard InChI is InChI=1S/C38H51N5O5/c1-24(2)43-22-32(20-40-43)31-16-17-39-36(19-31)42(21-27-6-8-28(9-7-27)30-12-15-35(47-5)25(3)18-30)37(45)29-10-13-33(14-11-29)48-38(46)41-23-34(44)26(41)4/h12,15-20,22,24,26-29,33-34,44H,6-11,13-14,21,23H2,1-5H3/t26-,27?,28?,29?,33?,34-/m0/s1. The average molecular weight is 658 g/mol. The van der Waals surface area contributed by atoms with E-state index in [0.717, 1.165) is 48.1 Å². The van der Waals surface area contributed by atoms with Gasteiger partial charge in [-0.2, -0.15) is 5.10 Å². The number of pyridine rings is 1. The molecule has 2 aromatic heterocycles. The quantitative estimate of drug-likeness (QED) is 0.266. The summed E-state index contributed by atoms with van der Waals surface area (Å²) >= 11 is 0. The zero-order chi connectivity index (χ0) is 33.9. The van der Waals surface area contributed by atoms with Crippen molar-refractivity contribution in [1.82, 2.24) is 19.7 Å². The minimum absolute atomic E-state index is 0.106. The third-order valence-electron chi connectivity index (χ3n) is 10.9. The molecule has 3 aliphatic rings. The highest BCUT2D eigenvalue weighted by molar-refractivity contribution is 5.94. The van der Waals surface area contributed by atoms with Gasteiger partial charge in [0.25, 0.3) is 0 Å². The molecule has 0 bridgehead atoms.